The van der Waals surface area contributed by atoms with E-state index in [1.165, 1.54) is 37.2 Å². The maximum atomic E-state index is 2.41. The van der Waals surface area contributed by atoms with Crippen molar-refractivity contribution in [3.8, 4) is 0 Å². The average Bonchev–Trinajstić information content (AvgIpc) is 1.96. The van der Waals surface area contributed by atoms with E-state index >= 15 is 0 Å². The van der Waals surface area contributed by atoms with Gasteiger partial charge in [-0.25, -0.2) is 0 Å². The van der Waals surface area contributed by atoms with Crippen molar-refractivity contribution in [2.75, 3.05) is 46.8 Å². The van der Waals surface area contributed by atoms with Crippen molar-refractivity contribution in [3.05, 3.63) is 0 Å². The Morgan fingerprint density at radius 3 is 2.20 bits per heavy atom. The van der Waals surface area contributed by atoms with Crippen LogP contribution in [0.2, 0.25) is 0 Å². The van der Waals surface area contributed by atoms with Crippen LogP contribution in [0.15, 0.2) is 0 Å². The fourth-order valence-corrected chi connectivity index (χ4v) is 1.36. The van der Waals surface area contributed by atoms with E-state index in [0.717, 1.165) is 0 Å². The van der Waals surface area contributed by atoms with Gasteiger partial charge < -0.3 is 4.48 Å². The summed E-state index contributed by atoms with van der Waals surface area (Å²) in [6, 6.07) is 0. The van der Waals surface area contributed by atoms with E-state index < -0.39 is 0 Å². The second-order valence-corrected chi connectivity index (χ2v) is 3.69. The van der Waals surface area contributed by atoms with Crippen molar-refractivity contribution >= 4 is 0 Å². The molecule has 60 valence electrons. The Balaban J connectivity index is 2.38. The third kappa shape index (κ3) is 1.70. The van der Waals surface area contributed by atoms with Crippen LogP contribution in [-0.2, 0) is 0 Å². The van der Waals surface area contributed by atoms with E-state index in [2.05, 4.69) is 25.9 Å². The third-order valence-electron chi connectivity index (χ3n) is 2.81. The van der Waals surface area contributed by atoms with Crippen molar-refractivity contribution in [3.63, 3.8) is 0 Å². The molecule has 1 fully saturated rings. The summed E-state index contributed by atoms with van der Waals surface area (Å²) in [5.41, 5.74) is 0. The summed E-state index contributed by atoms with van der Waals surface area (Å²) >= 11 is 0. The molecule has 0 aromatic heterocycles. The molecule has 0 saturated carbocycles. The van der Waals surface area contributed by atoms with Crippen LogP contribution in [0.4, 0.5) is 0 Å². The molecule has 0 amide bonds. The Morgan fingerprint density at radius 1 is 1.30 bits per heavy atom. The summed E-state index contributed by atoms with van der Waals surface area (Å²) < 4.78 is 1.27. The molecule has 0 N–H and O–H groups in total. The Morgan fingerprint density at radius 2 is 1.80 bits per heavy atom. The molecule has 1 aliphatic heterocycles. The summed E-state index contributed by atoms with van der Waals surface area (Å²) in [5, 5.41) is 0. The van der Waals surface area contributed by atoms with Crippen LogP contribution < -0.4 is 0 Å². The second-order valence-electron chi connectivity index (χ2n) is 3.69. The van der Waals surface area contributed by atoms with Gasteiger partial charge >= 0.3 is 0 Å². The predicted molar refractivity (Wildman–Crippen MR) is 44.0 cm³/mol. The molecule has 0 aromatic carbocycles. The molecule has 2 heteroatoms. The van der Waals surface area contributed by atoms with Crippen LogP contribution >= 0.6 is 0 Å². The van der Waals surface area contributed by atoms with Crippen molar-refractivity contribution in [2.45, 2.75) is 6.92 Å². The van der Waals surface area contributed by atoms with Gasteiger partial charge in [-0.1, -0.05) is 0 Å². The van der Waals surface area contributed by atoms with Crippen LogP contribution in [-0.4, -0.2) is 56.2 Å². The van der Waals surface area contributed by atoms with Crippen LogP contribution in [0.5, 0.6) is 0 Å². The monoisotopic (exact) mass is 143 g/mol. The standard InChI is InChI=1S/C8H19N2/c1-4-10(3)7-5-9(2)6-8-10/h4-8H2,1-3H3/q+1. The highest BCUT2D eigenvalue weighted by Gasteiger charge is 2.24. The van der Waals surface area contributed by atoms with Gasteiger partial charge in [0.05, 0.1) is 26.7 Å². The highest BCUT2D eigenvalue weighted by molar-refractivity contribution is 4.56. The quantitative estimate of drug-likeness (QED) is 0.480. The van der Waals surface area contributed by atoms with E-state index in [4.69, 9.17) is 0 Å². The highest BCUT2D eigenvalue weighted by atomic mass is 15.4. The highest BCUT2D eigenvalue weighted by Crippen LogP contribution is 2.06. The Hall–Kier alpha value is -0.0800. The zero-order chi connectivity index (χ0) is 7.61. The van der Waals surface area contributed by atoms with Crippen LogP contribution in [0, 0.1) is 0 Å². The van der Waals surface area contributed by atoms with Crippen molar-refractivity contribution < 1.29 is 4.48 Å². The minimum absolute atomic E-state index is 1.27. The average molecular weight is 143 g/mol. The lowest BCUT2D eigenvalue weighted by atomic mass is 10.3. The summed E-state index contributed by atoms with van der Waals surface area (Å²) in [6.07, 6.45) is 0. The molecule has 0 aromatic rings. The molecule has 1 aliphatic rings. The molecule has 1 saturated heterocycles. The molecule has 0 aliphatic carbocycles. The molecule has 0 spiro atoms. The van der Waals surface area contributed by atoms with Crippen molar-refractivity contribution in [1.82, 2.24) is 4.90 Å². The van der Waals surface area contributed by atoms with Gasteiger partial charge in [0.1, 0.15) is 0 Å². The maximum absolute atomic E-state index is 2.41. The van der Waals surface area contributed by atoms with Gasteiger partial charge in [0.2, 0.25) is 0 Å². The second kappa shape index (κ2) is 2.89. The van der Waals surface area contributed by atoms with Gasteiger partial charge in [0.25, 0.3) is 0 Å². The maximum Gasteiger partial charge on any atom is 0.0914 e. The van der Waals surface area contributed by atoms with E-state index in [1.807, 2.05) is 0 Å². The largest absolute Gasteiger partial charge is 0.324 e. The van der Waals surface area contributed by atoms with Gasteiger partial charge in [-0.05, 0) is 14.0 Å². The third-order valence-corrected chi connectivity index (χ3v) is 2.81. The predicted octanol–water partition coefficient (Wildman–Crippen LogP) is 0.398. The molecule has 0 unspecified atom stereocenters. The molecule has 0 atom stereocenters. The molecule has 0 radical (unpaired) electrons. The van der Waals surface area contributed by atoms with E-state index in [9.17, 15) is 0 Å². The van der Waals surface area contributed by atoms with Crippen LogP contribution in [0.3, 0.4) is 0 Å². The van der Waals surface area contributed by atoms with E-state index in [0.29, 0.717) is 0 Å². The van der Waals surface area contributed by atoms with Crippen molar-refractivity contribution in [1.29, 1.82) is 0 Å². The van der Waals surface area contributed by atoms with E-state index in [1.54, 1.807) is 0 Å². The fourth-order valence-electron chi connectivity index (χ4n) is 1.36. The summed E-state index contributed by atoms with van der Waals surface area (Å²) in [4.78, 5) is 2.41. The Bertz CT molecular complexity index is 104. The Labute approximate surface area is 64.0 Å². The number of hydrogen-bond acceptors (Lipinski definition) is 1. The smallest absolute Gasteiger partial charge is 0.0914 e. The Kier molecular flexibility index (Phi) is 2.32. The molecule has 10 heavy (non-hydrogen) atoms. The number of rotatable bonds is 1. The molecular formula is C8H19N2+. The van der Waals surface area contributed by atoms with Crippen molar-refractivity contribution in [2.24, 2.45) is 0 Å². The van der Waals surface area contributed by atoms with Gasteiger partial charge in [-0.2, -0.15) is 0 Å². The van der Waals surface area contributed by atoms with Gasteiger partial charge in [-0.3, -0.25) is 4.90 Å². The molecule has 1 rings (SSSR count). The number of likely N-dealkylation sites (N-methyl/N-ethyl adjacent to an activating group) is 2. The minimum atomic E-state index is 1.27. The lowest BCUT2D eigenvalue weighted by Crippen LogP contribution is -2.56. The zero-order valence-corrected chi connectivity index (χ0v) is 7.43. The summed E-state index contributed by atoms with van der Waals surface area (Å²) in [5.74, 6) is 0. The minimum Gasteiger partial charge on any atom is -0.324 e. The SMILES string of the molecule is CC[N+]1(C)CCN(C)CC1. The first-order chi connectivity index (χ1) is 4.66. The lowest BCUT2D eigenvalue weighted by Gasteiger charge is -2.40. The van der Waals surface area contributed by atoms with Gasteiger partial charge in [0, 0.05) is 13.1 Å². The molecular weight excluding hydrogens is 124 g/mol. The number of nitrogens with zero attached hydrogens (tertiary/aromatic N) is 2. The zero-order valence-electron chi connectivity index (χ0n) is 7.43. The number of hydrogen-bond donors (Lipinski definition) is 0. The normalized spacial score (nSPS) is 26.7. The molecule has 2 nitrogen and oxygen atoms in total. The van der Waals surface area contributed by atoms with Gasteiger partial charge in [0.15, 0.2) is 0 Å². The van der Waals surface area contributed by atoms with Gasteiger partial charge in [-0.15, -0.1) is 0 Å². The topological polar surface area (TPSA) is 3.24 Å². The van der Waals surface area contributed by atoms with E-state index in [-0.39, 0.29) is 0 Å². The first-order valence-electron chi connectivity index (χ1n) is 4.18. The first kappa shape index (κ1) is 8.02. The first-order valence-corrected chi connectivity index (χ1v) is 4.18. The number of piperazine rings is 1. The summed E-state index contributed by atoms with van der Waals surface area (Å²) in [6.45, 7) is 8.76. The van der Waals surface area contributed by atoms with Crippen LogP contribution in [0.25, 0.3) is 0 Å². The summed E-state index contributed by atoms with van der Waals surface area (Å²) in [7, 11) is 4.56. The molecule has 0 bridgehead atoms. The molecule has 1 heterocycles. The van der Waals surface area contributed by atoms with Crippen LogP contribution in [0.1, 0.15) is 6.92 Å². The fraction of sp³-hybridized carbons (Fsp3) is 1.00. The number of quaternary nitrogens is 1. The lowest BCUT2D eigenvalue weighted by molar-refractivity contribution is -0.911.